The normalized spacial score (nSPS) is 13.5. The molecule has 0 spiro atoms. The Bertz CT molecular complexity index is 1040. The van der Waals surface area contributed by atoms with Crippen molar-refractivity contribution >= 4 is 29.8 Å². The maximum absolute atomic E-state index is 14.2. The Morgan fingerprint density at radius 1 is 1.02 bits per heavy atom. The molecule has 0 saturated carbocycles. The summed E-state index contributed by atoms with van der Waals surface area (Å²) in [6.45, 7) is 10.3. The molecule has 0 saturated heterocycles. The molecule has 0 aliphatic rings. The molecule has 0 radical (unpaired) electrons. The van der Waals surface area contributed by atoms with E-state index < -0.39 is 60.1 Å². The first-order valence-corrected chi connectivity index (χ1v) is 13.3. The van der Waals surface area contributed by atoms with E-state index in [4.69, 9.17) is 10.5 Å². The molecule has 12 heteroatoms. The predicted octanol–water partition coefficient (Wildman–Crippen LogP) is 2.53. The number of aromatic hydroxyl groups is 1. The number of phenolic OH excluding ortho intramolecular Hbond substituents is 1. The van der Waals surface area contributed by atoms with E-state index in [2.05, 4.69) is 15.4 Å². The van der Waals surface area contributed by atoms with E-state index >= 15 is 0 Å². The molecule has 4 amide bonds. The number of benzene rings is 1. The van der Waals surface area contributed by atoms with Gasteiger partial charge in [-0.25, -0.2) is 4.79 Å². The zero-order chi connectivity index (χ0) is 30.6. The van der Waals surface area contributed by atoms with Gasteiger partial charge in [0.1, 0.15) is 30.0 Å². The summed E-state index contributed by atoms with van der Waals surface area (Å²) in [6, 6.07) is 2.78. The number of carbonyl (C=O) groups excluding carboxylic acids is 5. The summed E-state index contributed by atoms with van der Waals surface area (Å²) in [4.78, 5) is 65.2. The van der Waals surface area contributed by atoms with E-state index in [1.807, 2.05) is 13.8 Å². The van der Waals surface area contributed by atoms with Crippen LogP contribution in [-0.2, 0) is 28.7 Å². The van der Waals surface area contributed by atoms with Crippen LogP contribution in [0.4, 0.5) is 4.79 Å². The molecule has 1 rings (SSSR count). The van der Waals surface area contributed by atoms with Crippen molar-refractivity contribution in [3.05, 3.63) is 29.8 Å². The van der Waals surface area contributed by atoms with Gasteiger partial charge in [-0.2, -0.15) is 0 Å². The number of hydrogen-bond donors (Lipinski definition) is 4. The minimum atomic E-state index is -1.39. The first-order chi connectivity index (χ1) is 18.6. The molecular formula is C28H44N4O8. The van der Waals surface area contributed by atoms with Crippen molar-refractivity contribution in [3.8, 4) is 5.75 Å². The molecule has 0 fully saturated rings. The first-order valence-electron chi connectivity index (χ1n) is 13.3. The summed E-state index contributed by atoms with van der Waals surface area (Å²) in [5.41, 5.74) is 4.59. The van der Waals surface area contributed by atoms with Gasteiger partial charge in [0, 0.05) is 18.0 Å². The molecule has 0 bridgehead atoms. The van der Waals surface area contributed by atoms with Crippen LogP contribution in [0.5, 0.6) is 5.75 Å². The van der Waals surface area contributed by atoms with Crippen LogP contribution in [0.1, 0.15) is 78.8 Å². The Morgan fingerprint density at radius 3 is 2.17 bits per heavy atom. The lowest BCUT2D eigenvalue weighted by Crippen LogP contribution is -2.56. The number of hydrogen-bond acceptors (Lipinski definition) is 8. The van der Waals surface area contributed by atoms with Gasteiger partial charge in [0.2, 0.25) is 17.7 Å². The van der Waals surface area contributed by atoms with Crippen molar-refractivity contribution in [2.45, 2.75) is 91.0 Å². The van der Waals surface area contributed by atoms with Crippen LogP contribution in [0.15, 0.2) is 24.3 Å². The lowest BCUT2D eigenvalue weighted by molar-refractivity contribution is -0.146. The predicted molar refractivity (Wildman–Crippen MR) is 148 cm³/mol. The molecule has 1 aromatic rings. The van der Waals surface area contributed by atoms with Crippen LogP contribution < -0.4 is 16.4 Å². The monoisotopic (exact) mass is 564 g/mol. The molecule has 0 aliphatic carbocycles. The fourth-order valence-electron chi connectivity index (χ4n) is 3.95. The third-order valence-electron chi connectivity index (χ3n) is 5.95. The number of methoxy groups -OCH3 is 1. The number of nitrogens with two attached hydrogens (primary N) is 1. The summed E-state index contributed by atoms with van der Waals surface area (Å²) in [6.07, 6.45) is -0.0892. The summed E-state index contributed by atoms with van der Waals surface area (Å²) in [5, 5.41) is 15.7. The van der Waals surface area contributed by atoms with Gasteiger partial charge in [0.05, 0.1) is 7.11 Å². The van der Waals surface area contributed by atoms with Gasteiger partial charge >= 0.3 is 12.1 Å². The highest BCUT2D eigenvalue weighted by atomic mass is 16.6. The molecule has 1 aromatic carbocycles. The molecular weight excluding hydrogens is 520 g/mol. The highest BCUT2D eigenvalue weighted by Crippen LogP contribution is 2.32. The number of nitrogens with one attached hydrogen (secondary N) is 2. The Balaban J connectivity index is 3.66. The Kier molecular flexibility index (Phi) is 13.4. The van der Waals surface area contributed by atoms with Gasteiger partial charge in [-0.15, -0.1) is 0 Å². The van der Waals surface area contributed by atoms with E-state index in [1.165, 1.54) is 24.1 Å². The zero-order valence-electron chi connectivity index (χ0n) is 24.5. The van der Waals surface area contributed by atoms with Gasteiger partial charge in [0.15, 0.2) is 0 Å². The van der Waals surface area contributed by atoms with Crippen molar-refractivity contribution in [1.29, 1.82) is 0 Å². The number of ether oxygens (including phenoxy) is 2. The number of rotatable bonds is 14. The second kappa shape index (κ2) is 15.7. The SMILES string of the molecule is COC(=O)CNC(=O)C(c1ccccc1O)N(C(=O)C(CCC(N)=O)NC(=O)OC(C)(C)C)C(C)CCC(C)C. The molecule has 12 nitrogen and oxygen atoms in total. The summed E-state index contributed by atoms with van der Waals surface area (Å²) in [5.74, 6) is -2.80. The van der Waals surface area contributed by atoms with Crippen molar-refractivity contribution in [2.24, 2.45) is 11.7 Å². The number of amides is 4. The van der Waals surface area contributed by atoms with E-state index in [0.717, 1.165) is 0 Å². The molecule has 224 valence electrons. The summed E-state index contributed by atoms with van der Waals surface area (Å²) >= 11 is 0. The second-order valence-corrected chi connectivity index (χ2v) is 11.0. The first kappa shape index (κ1) is 34.2. The Labute approximate surface area is 235 Å². The van der Waals surface area contributed by atoms with Crippen molar-refractivity contribution in [1.82, 2.24) is 15.5 Å². The summed E-state index contributed by atoms with van der Waals surface area (Å²) in [7, 11) is 1.17. The van der Waals surface area contributed by atoms with Crippen LogP contribution in [0.25, 0.3) is 0 Å². The van der Waals surface area contributed by atoms with E-state index in [9.17, 15) is 29.1 Å². The molecule has 40 heavy (non-hydrogen) atoms. The lowest BCUT2D eigenvalue weighted by atomic mass is 9.96. The molecule has 3 atom stereocenters. The van der Waals surface area contributed by atoms with Gasteiger partial charge < -0.3 is 35.8 Å². The highest BCUT2D eigenvalue weighted by molar-refractivity contribution is 5.94. The second-order valence-electron chi connectivity index (χ2n) is 11.0. The smallest absolute Gasteiger partial charge is 0.408 e. The van der Waals surface area contributed by atoms with Crippen LogP contribution in [0, 0.1) is 5.92 Å². The standard InChI is InChI=1S/C28H44N4O8/c1-17(2)12-13-18(3)32(26(37)20(14-15-22(29)34)31-27(38)40-28(4,5)6)24(19-10-8-9-11-21(19)33)25(36)30-16-23(35)39-7/h8-11,17-18,20,24,33H,12-16H2,1-7H3,(H2,29,34)(H,30,36)(H,31,38). The number of esters is 1. The number of para-hydroxylation sites is 1. The van der Waals surface area contributed by atoms with Gasteiger partial charge in [0.25, 0.3) is 0 Å². The van der Waals surface area contributed by atoms with E-state index in [1.54, 1.807) is 39.8 Å². The summed E-state index contributed by atoms with van der Waals surface area (Å²) < 4.78 is 9.94. The van der Waals surface area contributed by atoms with Gasteiger partial charge in [-0.1, -0.05) is 32.0 Å². The molecule has 0 heterocycles. The molecule has 0 aromatic heterocycles. The van der Waals surface area contributed by atoms with Crippen molar-refractivity contribution in [3.63, 3.8) is 0 Å². The maximum Gasteiger partial charge on any atom is 0.408 e. The van der Waals surface area contributed by atoms with Crippen LogP contribution in [-0.4, -0.2) is 71.1 Å². The fourth-order valence-corrected chi connectivity index (χ4v) is 3.95. The minimum absolute atomic E-state index is 0.112. The Hall–Kier alpha value is -3.83. The average Bonchev–Trinajstić information content (AvgIpc) is 2.85. The molecule has 0 aliphatic heterocycles. The largest absolute Gasteiger partial charge is 0.508 e. The number of carbonyl (C=O) groups is 5. The zero-order valence-corrected chi connectivity index (χ0v) is 24.5. The van der Waals surface area contributed by atoms with Crippen LogP contribution in [0.3, 0.4) is 0 Å². The molecule has 3 unspecified atom stereocenters. The number of phenols is 1. The quantitative estimate of drug-likeness (QED) is 0.249. The van der Waals surface area contributed by atoms with Crippen LogP contribution >= 0.6 is 0 Å². The minimum Gasteiger partial charge on any atom is -0.508 e. The average molecular weight is 565 g/mol. The van der Waals surface area contributed by atoms with Crippen LogP contribution in [0.2, 0.25) is 0 Å². The third kappa shape index (κ3) is 11.5. The highest BCUT2D eigenvalue weighted by Gasteiger charge is 2.40. The van der Waals surface area contributed by atoms with E-state index in [0.29, 0.717) is 12.8 Å². The van der Waals surface area contributed by atoms with Gasteiger partial charge in [-0.3, -0.25) is 19.2 Å². The maximum atomic E-state index is 14.2. The van der Waals surface area contributed by atoms with Crippen molar-refractivity contribution < 1.29 is 38.6 Å². The fraction of sp³-hybridized carbons (Fsp3) is 0.607. The number of alkyl carbamates (subject to hydrolysis) is 1. The lowest BCUT2D eigenvalue weighted by Gasteiger charge is -2.39. The van der Waals surface area contributed by atoms with Gasteiger partial charge in [-0.05, 0) is 58.9 Å². The third-order valence-corrected chi connectivity index (χ3v) is 5.95. The molecule has 5 N–H and O–H groups in total. The van der Waals surface area contributed by atoms with E-state index in [-0.39, 0.29) is 30.1 Å². The number of nitrogens with zero attached hydrogens (tertiary/aromatic N) is 1. The Morgan fingerprint density at radius 2 is 1.65 bits per heavy atom. The topological polar surface area (TPSA) is 177 Å². The number of primary amides is 1. The van der Waals surface area contributed by atoms with Crippen molar-refractivity contribution in [2.75, 3.05) is 13.7 Å².